The lowest BCUT2D eigenvalue weighted by Crippen LogP contribution is -2.37. The van der Waals surface area contributed by atoms with Crippen LogP contribution in [-0.2, 0) is 4.79 Å². The van der Waals surface area contributed by atoms with Crippen LogP contribution in [0.3, 0.4) is 0 Å². The maximum absolute atomic E-state index is 14.4. The number of amides is 1. The second-order valence-corrected chi connectivity index (χ2v) is 9.12. The third kappa shape index (κ3) is 3.71. The second-order valence-electron chi connectivity index (χ2n) is 9.12. The minimum absolute atomic E-state index is 0.156. The predicted molar refractivity (Wildman–Crippen MR) is 123 cm³/mol. The first-order chi connectivity index (χ1) is 16.2. The third-order valence-corrected chi connectivity index (χ3v) is 7.01. The van der Waals surface area contributed by atoms with Crippen molar-refractivity contribution in [2.45, 2.75) is 44.6 Å². The molecule has 33 heavy (non-hydrogen) atoms. The van der Waals surface area contributed by atoms with Crippen LogP contribution in [0.2, 0.25) is 0 Å². The van der Waals surface area contributed by atoms with Crippen LogP contribution in [0, 0.1) is 11.7 Å². The second kappa shape index (κ2) is 8.13. The van der Waals surface area contributed by atoms with E-state index in [2.05, 4.69) is 25.3 Å². The predicted octanol–water partition coefficient (Wildman–Crippen LogP) is 4.00. The molecule has 1 saturated carbocycles. The van der Waals surface area contributed by atoms with E-state index >= 15 is 0 Å². The number of anilines is 1. The molecule has 0 atom stereocenters. The zero-order valence-electron chi connectivity index (χ0n) is 18.3. The Morgan fingerprint density at radius 2 is 1.97 bits per heavy atom. The van der Waals surface area contributed by atoms with Crippen molar-refractivity contribution in [2.24, 2.45) is 5.92 Å². The maximum Gasteiger partial charge on any atom is 0.225 e. The summed E-state index contributed by atoms with van der Waals surface area (Å²) in [6.07, 6.45) is 14.7. The zero-order valence-corrected chi connectivity index (χ0v) is 18.3. The van der Waals surface area contributed by atoms with E-state index in [0.29, 0.717) is 23.1 Å². The van der Waals surface area contributed by atoms with E-state index in [0.717, 1.165) is 68.1 Å². The molecule has 5 heterocycles. The van der Waals surface area contributed by atoms with E-state index < -0.39 is 0 Å². The van der Waals surface area contributed by atoms with Crippen LogP contribution in [0.15, 0.2) is 37.1 Å². The summed E-state index contributed by atoms with van der Waals surface area (Å²) in [5, 5.41) is 4.27. The zero-order chi connectivity index (χ0) is 22.4. The number of nitrogens with zero attached hydrogens (tertiary/aromatic N) is 5. The standard InChI is InChI=1S/C24H26FN7O/c25-20-11-16(14-32-10-7-26-22(20)32)18-12-27-21-19(18)13-28-24(30-21)29-17-5-3-15(4-6-17)23(33)31-8-1-2-9-31/h7,10-15,17H,1-6,8-9H2,(H2,27,28,29,30). The molecule has 8 nitrogen and oxygen atoms in total. The number of rotatable bonds is 4. The molecule has 0 aromatic carbocycles. The molecule has 0 bridgehead atoms. The molecule has 2 N–H and O–H groups in total. The number of fused-ring (bicyclic) bond motifs is 2. The highest BCUT2D eigenvalue weighted by atomic mass is 19.1. The van der Waals surface area contributed by atoms with Crippen molar-refractivity contribution < 1.29 is 9.18 Å². The van der Waals surface area contributed by atoms with Gasteiger partial charge in [0.15, 0.2) is 11.5 Å². The molecule has 0 unspecified atom stereocenters. The Labute approximate surface area is 190 Å². The van der Waals surface area contributed by atoms with Gasteiger partial charge in [-0.1, -0.05) is 0 Å². The maximum atomic E-state index is 14.4. The first-order valence-corrected chi connectivity index (χ1v) is 11.7. The monoisotopic (exact) mass is 447 g/mol. The molecular formula is C24H26FN7O. The van der Waals surface area contributed by atoms with E-state index in [-0.39, 0.29) is 17.8 Å². The van der Waals surface area contributed by atoms with Gasteiger partial charge in [0.25, 0.3) is 0 Å². The smallest absolute Gasteiger partial charge is 0.225 e. The summed E-state index contributed by atoms with van der Waals surface area (Å²) >= 11 is 0. The highest BCUT2D eigenvalue weighted by Gasteiger charge is 2.30. The normalized spacial score (nSPS) is 21.2. The van der Waals surface area contributed by atoms with Crippen LogP contribution in [0.1, 0.15) is 38.5 Å². The summed E-state index contributed by atoms with van der Waals surface area (Å²) in [6.45, 7) is 1.84. The minimum atomic E-state index is -0.370. The first kappa shape index (κ1) is 20.1. The number of likely N-dealkylation sites (tertiary alicyclic amines) is 1. The SMILES string of the molecule is O=C(C1CCC(Nc2ncc3c(-c4cc(F)c5nccn5c4)c[nH]c3n2)CC1)N1CCCC1. The number of aromatic nitrogens is 5. The topological polar surface area (TPSA) is 91.2 Å². The molecule has 6 rings (SSSR count). The van der Waals surface area contributed by atoms with Gasteiger partial charge in [-0.3, -0.25) is 4.79 Å². The first-order valence-electron chi connectivity index (χ1n) is 11.7. The van der Waals surface area contributed by atoms with E-state index in [9.17, 15) is 9.18 Å². The number of H-pyrrole nitrogens is 1. The fraction of sp³-hybridized carbons (Fsp3) is 0.417. The summed E-state index contributed by atoms with van der Waals surface area (Å²) in [7, 11) is 0. The van der Waals surface area contributed by atoms with Crippen molar-refractivity contribution in [1.29, 1.82) is 0 Å². The number of halogens is 1. The lowest BCUT2D eigenvalue weighted by Gasteiger charge is -2.30. The lowest BCUT2D eigenvalue weighted by molar-refractivity contribution is -0.135. The summed E-state index contributed by atoms with van der Waals surface area (Å²) in [5.74, 6) is 0.697. The molecule has 9 heteroatoms. The van der Waals surface area contributed by atoms with E-state index in [1.165, 1.54) is 6.07 Å². The van der Waals surface area contributed by atoms with Crippen LogP contribution in [0.25, 0.3) is 27.8 Å². The molecule has 1 amide bonds. The van der Waals surface area contributed by atoms with Gasteiger partial charge in [-0.15, -0.1) is 0 Å². The highest BCUT2D eigenvalue weighted by molar-refractivity contribution is 5.93. The Bertz CT molecular complexity index is 1320. The van der Waals surface area contributed by atoms with E-state index in [4.69, 9.17) is 0 Å². The number of carbonyl (C=O) groups excluding carboxylic acids is 1. The number of nitrogens with one attached hydrogen (secondary N) is 2. The van der Waals surface area contributed by atoms with E-state index in [1.54, 1.807) is 23.0 Å². The van der Waals surface area contributed by atoms with Gasteiger partial charge in [0.2, 0.25) is 11.9 Å². The number of hydrogen-bond donors (Lipinski definition) is 2. The van der Waals surface area contributed by atoms with Crippen LogP contribution in [-0.4, -0.2) is 54.3 Å². The Kier molecular flexibility index (Phi) is 4.96. The number of aromatic amines is 1. The molecular weight excluding hydrogens is 421 g/mol. The average molecular weight is 448 g/mol. The van der Waals surface area contributed by atoms with Crippen molar-refractivity contribution >= 4 is 28.5 Å². The fourth-order valence-corrected chi connectivity index (χ4v) is 5.22. The molecule has 0 spiro atoms. The van der Waals surface area contributed by atoms with Crippen molar-refractivity contribution in [3.63, 3.8) is 0 Å². The van der Waals surface area contributed by atoms with Crippen molar-refractivity contribution in [1.82, 2.24) is 29.2 Å². The molecule has 4 aromatic heterocycles. The van der Waals surface area contributed by atoms with Gasteiger partial charge in [0.1, 0.15) is 5.65 Å². The Hall–Kier alpha value is -3.49. The number of carbonyl (C=O) groups is 1. The van der Waals surface area contributed by atoms with Crippen molar-refractivity contribution in [3.05, 3.63) is 42.9 Å². The molecule has 2 aliphatic rings. The van der Waals surface area contributed by atoms with Gasteiger partial charge >= 0.3 is 0 Å². The quantitative estimate of drug-likeness (QED) is 0.493. The van der Waals surface area contributed by atoms with Gasteiger partial charge < -0.3 is 19.6 Å². The van der Waals surface area contributed by atoms with Gasteiger partial charge in [0, 0.05) is 72.5 Å². The molecule has 1 aliphatic carbocycles. The average Bonchev–Trinajstić information content (AvgIpc) is 3.59. The van der Waals surface area contributed by atoms with Crippen LogP contribution >= 0.6 is 0 Å². The Balaban J connectivity index is 1.15. The fourth-order valence-electron chi connectivity index (χ4n) is 5.22. The van der Waals surface area contributed by atoms with Gasteiger partial charge in [-0.25, -0.2) is 14.4 Å². The molecule has 1 saturated heterocycles. The molecule has 1 aliphatic heterocycles. The van der Waals surface area contributed by atoms with Gasteiger partial charge in [0.05, 0.1) is 0 Å². The van der Waals surface area contributed by atoms with Crippen molar-refractivity contribution in [3.8, 4) is 11.1 Å². The number of imidazole rings is 1. The number of pyridine rings is 1. The Morgan fingerprint density at radius 3 is 2.79 bits per heavy atom. The van der Waals surface area contributed by atoms with Crippen LogP contribution in [0.4, 0.5) is 10.3 Å². The molecule has 170 valence electrons. The summed E-state index contributed by atoms with van der Waals surface area (Å²) in [5.41, 5.74) is 2.58. The van der Waals surface area contributed by atoms with Crippen LogP contribution < -0.4 is 5.32 Å². The van der Waals surface area contributed by atoms with E-state index in [1.807, 2.05) is 17.3 Å². The largest absolute Gasteiger partial charge is 0.351 e. The summed E-state index contributed by atoms with van der Waals surface area (Å²) in [4.78, 5) is 31.1. The van der Waals surface area contributed by atoms with Gasteiger partial charge in [-0.05, 0) is 44.6 Å². The molecule has 2 fully saturated rings. The summed E-state index contributed by atoms with van der Waals surface area (Å²) < 4.78 is 16.1. The number of hydrogen-bond acceptors (Lipinski definition) is 5. The molecule has 0 radical (unpaired) electrons. The Morgan fingerprint density at radius 1 is 1.15 bits per heavy atom. The van der Waals surface area contributed by atoms with Gasteiger partial charge in [-0.2, -0.15) is 4.98 Å². The lowest BCUT2D eigenvalue weighted by atomic mass is 9.85. The van der Waals surface area contributed by atoms with Crippen LogP contribution in [0.5, 0.6) is 0 Å². The molecule has 4 aromatic rings. The summed E-state index contributed by atoms with van der Waals surface area (Å²) in [6, 6.07) is 1.75. The minimum Gasteiger partial charge on any atom is -0.351 e. The third-order valence-electron chi connectivity index (χ3n) is 7.01. The highest BCUT2D eigenvalue weighted by Crippen LogP contribution is 2.31. The van der Waals surface area contributed by atoms with Crippen molar-refractivity contribution in [2.75, 3.05) is 18.4 Å².